The average molecular weight is 562 g/mol. The smallest absolute Gasteiger partial charge is 0.236 e. The van der Waals surface area contributed by atoms with Gasteiger partial charge in [-0.15, -0.1) is 35.7 Å². The van der Waals surface area contributed by atoms with Gasteiger partial charge in [0.05, 0.1) is 26.3 Å². The van der Waals surface area contributed by atoms with Crippen molar-refractivity contribution in [2.75, 3.05) is 72.1 Å². The van der Waals surface area contributed by atoms with Gasteiger partial charge in [0.15, 0.2) is 5.96 Å². The van der Waals surface area contributed by atoms with Gasteiger partial charge in [0, 0.05) is 56.0 Å². The first-order chi connectivity index (χ1) is 14.7. The lowest BCUT2D eigenvalue weighted by Crippen LogP contribution is -2.55. The Bertz CT molecular complexity index is 680. The zero-order valence-electron chi connectivity index (χ0n) is 18.7. The number of nitrogens with one attached hydrogen (secondary N) is 1. The molecule has 174 valence electrons. The van der Waals surface area contributed by atoms with Gasteiger partial charge in [-0.2, -0.15) is 0 Å². The fourth-order valence-electron chi connectivity index (χ4n) is 3.63. The molecule has 1 unspecified atom stereocenters. The quantitative estimate of drug-likeness (QED) is 0.239. The van der Waals surface area contributed by atoms with E-state index >= 15 is 0 Å². The van der Waals surface area contributed by atoms with Crippen molar-refractivity contribution in [2.24, 2.45) is 4.99 Å². The Morgan fingerprint density at radius 2 is 1.77 bits per heavy atom. The monoisotopic (exact) mass is 561 g/mol. The minimum atomic E-state index is 0. The first-order valence-electron chi connectivity index (χ1n) is 11.0. The van der Waals surface area contributed by atoms with E-state index in [1.807, 2.05) is 22.7 Å². The molecular weight excluding hydrogens is 525 g/mol. The van der Waals surface area contributed by atoms with E-state index in [0.717, 1.165) is 58.3 Å². The normalized spacial score (nSPS) is 19.0. The van der Waals surface area contributed by atoms with Crippen LogP contribution in [0.2, 0.25) is 0 Å². The van der Waals surface area contributed by atoms with Crippen LogP contribution < -0.4 is 5.32 Å². The van der Waals surface area contributed by atoms with Crippen molar-refractivity contribution in [3.05, 3.63) is 30.3 Å². The molecule has 1 amide bonds. The highest BCUT2D eigenvalue weighted by Gasteiger charge is 2.24. The standard InChI is InChI=1S/C22H35N5O2S.HI/c1-3-23-22(24-17-19(2)30-20-7-5-4-6-8-20)27-11-9-25(10-12-27)18-21(28)26-13-15-29-16-14-26;/h4-8,19H,3,9-18H2,1-2H3,(H,23,24);1H. The summed E-state index contributed by atoms with van der Waals surface area (Å²) in [5, 5.41) is 3.85. The summed E-state index contributed by atoms with van der Waals surface area (Å²) in [6.07, 6.45) is 0. The van der Waals surface area contributed by atoms with Crippen molar-refractivity contribution in [3.63, 3.8) is 0 Å². The van der Waals surface area contributed by atoms with Gasteiger partial charge in [-0.3, -0.25) is 14.7 Å². The largest absolute Gasteiger partial charge is 0.378 e. The Morgan fingerprint density at radius 3 is 2.42 bits per heavy atom. The SMILES string of the molecule is CCNC(=NCC(C)Sc1ccccc1)N1CCN(CC(=O)N2CCOCC2)CC1.I. The number of nitrogens with zero attached hydrogens (tertiary/aromatic N) is 4. The molecule has 3 rings (SSSR count). The van der Waals surface area contributed by atoms with Crippen LogP contribution in [0.4, 0.5) is 0 Å². The molecule has 7 nitrogen and oxygen atoms in total. The molecule has 1 N–H and O–H groups in total. The second-order valence-electron chi connectivity index (χ2n) is 7.69. The van der Waals surface area contributed by atoms with Gasteiger partial charge >= 0.3 is 0 Å². The first-order valence-corrected chi connectivity index (χ1v) is 11.9. The number of halogens is 1. The van der Waals surface area contributed by atoms with Gasteiger partial charge in [0.1, 0.15) is 0 Å². The number of carbonyl (C=O) groups is 1. The molecule has 1 aromatic rings. The van der Waals surface area contributed by atoms with E-state index < -0.39 is 0 Å². The maximum atomic E-state index is 12.5. The molecule has 31 heavy (non-hydrogen) atoms. The molecule has 9 heteroatoms. The molecule has 2 aliphatic heterocycles. The van der Waals surface area contributed by atoms with Crippen LogP contribution in [0.3, 0.4) is 0 Å². The molecule has 0 spiro atoms. The number of hydrogen-bond acceptors (Lipinski definition) is 5. The van der Waals surface area contributed by atoms with E-state index in [-0.39, 0.29) is 29.9 Å². The summed E-state index contributed by atoms with van der Waals surface area (Å²) < 4.78 is 5.34. The van der Waals surface area contributed by atoms with Gasteiger partial charge in [-0.25, -0.2) is 0 Å². The topological polar surface area (TPSA) is 60.4 Å². The lowest BCUT2D eigenvalue weighted by Gasteiger charge is -2.37. The molecule has 0 bridgehead atoms. The highest BCUT2D eigenvalue weighted by molar-refractivity contribution is 14.0. The minimum absolute atomic E-state index is 0. The molecule has 0 radical (unpaired) electrons. The molecule has 0 saturated carbocycles. The Labute approximate surface area is 208 Å². The van der Waals surface area contributed by atoms with Crippen molar-refractivity contribution < 1.29 is 9.53 Å². The summed E-state index contributed by atoms with van der Waals surface area (Å²) >= 11 is 1.86. The fourth-order valence-corrected chi connectivity index (χ4v) is 4.56. The number of thioether (sulfide) groups is 1. The van der Waals surface area contributed by atoms with E-state index in [1.54, 1.807) is 0 Å². The fraction of sp³-hybridized carbons (Fsp3) is 0.636. The van der Waals surface area contributed by atoms with Gasteiger partial charge in [-0.05, 0) is 19.1 Å². The van der Waals surface area contributed by atoms with Crippen molar-refractivity contribution in [1.29, 1.82) is 0 Å². The molecule has 1 aromatic carbocycles. The molecule has 1 atom stereocenters. The second kappa shape index (κ2) is 14.2. The first kappa shape index (κ1) is 26.2. The van der Waals surface area contributed by atoms with Crippen molar-refractivity contribution in [1.82, 2.24) is 20.0 Å². The van der Waals surface area contributed by atoms with Crippen LogP contribution in [0.25, 0.3) is 0 Å². The second-order valence-corrected chi connectivity index (χ2v) is 9.20. The molecule has 2 fully saturated rings. The number of morpholine rings is 1. The number of amides is 1. The van der Waals surface area contributed by atoms with E-state index in [9.17, 15) is 4.79 Å². The third-order valence-corrected chi connectivity index (χ3v) is 6.40. The summed E-state index contributed by atoms with van der Waals surface area (Å²) in [5.74, 6) is 1.20. The minimum Gasteiger partial charge on any atom is -0.378 e. The molecule has 0 aromatic heterocycles. The number of guanidine groups is 1. The van der Waals surface area contributed by atoms with Gasteiger partial charge in [0.2, 0.25) is 5.91 Å². The Hall–Kier alpha value is -1.04. The van der Waals surface area contributed by atoms with Crippen molar-refractivity contribution in [2.45, 2.75) is 24.0 Å². The lowest BCUT2D eigenvalue weighted by molar-refractivity contribution is -0.136. The Balaban J connectivity index is 0.00000341. The predicted molar refractivity (Wildman–Crippen MR) is 139 cm³/mol. The highest BCUT2D eigenvalue weighted by atomic mass is 127. The Morgan fingerprint density at radius 1 is 1.10 bits per heavy atom. The summed E-state index contributed by atoms with van der Waals surface area (Å²) in [7, 11) is 0. The maximum Gasteiger partial charge on any atom is 0.236 e. The van der Waals surface area contributed by atoms with Crippen LogP contribution in [-0.2, 0) is 9.53 Å². The van der Waals surface area contributed by atoms with Crippen LogP contribution in [0.15, 0.2) is 40.2 Å². The molecule has 2 saturated heterocycles. The van der Waals surface area contributed by atoms with Gasteiger partial charge in [0.25, 0.3) is 0 Å². The molecular formula is C22H36IN5O2S. The summed E-state index contributed by atoms with van der Waals surface area (Å²) in [6.45, 7) is 12.8. The van der Waals surface area contributed by atoms with Crippen LogP contribution >= 0.6 is 35.7 Å². The van der Waals surface area contributed by atoms with E-state index in [1.165, 1.54) is 4.90 Å². The van der Waals surface area contributed by atoms with Crippen LogP contribution in [0, 0.1) is 0 Å². The average Bonchev–Trinajstić information content (AvgIpc) is 2.78. The highest BCUT2D eigenvalue weighted by Crippen LogP contribution is 2.22. The van der Waals surface area contributed by atoms with Crippen molar-refractivity contribution in [3.8, 4) is 0 Å². The number of hydrogen-bond donors (Lipinski definition) is 1. The number of rotatable bonds is 7. The summed E-state index contributed by atoms with van der Waals surface area (Å²) in [6, 6.07) is 10.5. The van der Waals surface area contributed by atoms with E-state index in [2.05, 4.69) is 53.2 Å². The lowest BCUT2D eigenvalue weighted by atomic mass is 10.3. The third-order valence-electron chi connectivity index (χ3n) is 5.31. The predicted octanol–water partition coefficient (Wildman–Crippen LogP) is 2.23. The number of ether oxygens (including phenoxy) is 1. The van der Waals surface area contributed by atoms with Gasteiger partial charge < -0.3 is 19.9 Å². The van der Waals surface area contributed by atoms with Crippen molar-refractivity contribution >= 4 is 47.6 Å². The van der Waals surface area contributed by atoms with Crippen LogP contribution in [-0.4, -0.2) is 104 Å². The van der Waals surface area contributed by atoms with Crippen LogP contribution in [0.1, 0.15) is 13.8 Å². The molecule has 2 aliphatic rings. The number of benzene rings is 1. The molecule has 0 aliphatic carbocycles. The summed E-state index contributed by atoms with van der Waals surface area (Å²) in [4.78, 5) is 25.2. The van der Waals surface area contributed by atoms with E-state index in [4.69, 9.17) is 9.73 Å². The van der Waals surface area contributed by atoms with E-state index in [0.29, 0.717) is 25.0 Å². The zero-order valence-corrected chi connectivity index (χ0v) is 21.8. The number of aliphatic imine (C=N–C) groups is 1. The third kappa shape index (κ3) is 8.78. The zero-order chi connectivity index (χ0) is 21.2. The number of piperazine rings is 1. The number of carbonyl (C=O) groups excluding carboxylic acids is 1. The molecule has 2 heterocycles. The maximum absolute atomic E-state index is 12.5. The Kier molecular flexibility index (Phi) is 12.0. The van der Waals surface area contributed by atoms with Gasteiger partial charge in [-0.1, -0.05) is 25.1 Å². The summed E-state index contributed by atoms with van der Waals surface area (Å²) in [5.41, 5.74) is 0. The van der Waals surface area contributed by atoms with Crippen LogP contribution in [0.5, 0.6) is 0 Å².